The van der Waals surface area contributed by atoms with Gasteiger partial charge in [0.15, 0.2) is 0 Å². The van der Waals surface area contributed by atoms with Crippen LogP contribution < -0.4 is 4.74 Å². The molecule has 4 unspecified atom stereocenters. The van der Waals surface area contributed by atoms with Gasteiger partial charge >= 0.3 is 0 Å². The molecule has 1 fully saturated rings. The molecule has 0 saturated carbocycles. The van der Waals surface area contributed by atoms with E-state index in [4.69, 9.17) is 9.47 Å². The van der Waals surface area contributed by atoms with Crippen LogP contribution in [0.15, 0.2) is 42.5 Å². The lowest BCUT2D eigenvalue weighted by molar-refractivity contribution is -0.229. The highest BCUT2D eigenvalue weighted by atomic mass is 16.7. The molecule has 2 aromatic rings. The summed E-state index contributed by atoms with van der Waals surface area (Å²) < 4.78 is 11.3. The topological polar surface area (TPSA) is 79.2 Å². The molecule has 1 aliphatic rings. The largest absolute Gasteiger partial charge is 0.464 e. The number of aliphatic hydroxyl groups is 3. The van der Waals surface area contributed by atoms with Crippen LogP contribution in [0.5, 0.6) is 5.75 Å². The molecule has 0 radical (unpaired) electrons. The first-order valence-electron chi connectivity index (χ1n) is 6.96. The van der Waals surface area contributed by atoms with Crippen molar-refractivity contribution >= 4 is 10.8 Å². The zero-order valence-corrected chi connectivity index (χ0v) is 11.4. The molecule has 0 aliphatic carbocycles. The first-order valence-corrected chi connectivity index (χ1v) is 6.96. The van der Waals surface area contributed by atoms with E-state index < -0.39 is 24.6 Å². The van der Waals surface area contributed by atoms with Crippen molar-refractivity contribution in [1.82, 2.24) is 0 Å². The lowest BCUT2D eigenvalue weighted by Gasteiger charge is -2.36. The minimum atomic E-state index is -1.10. The van der Waals surface area contributed by atoms with Crippen molar-refractivity contribution in [3.63, 3.8) is 0 Å². The van der Waals surface area contributed by atoms with Gasteiger partial charge in [-0.05, 0) is 11.5 Å². The lowest BCUT2D eigenvalue weighted by Crippen LogP contribution is -2.51. The van der Waals surface area contributed by atoms with Crippen LogP contribution in [0.1, 0.15) is 6.42 Å². The SMILES string of the molecule is OCC1OC(Oc2cccc3ccccc23)CC(O)C1O. The van der Waals surface area contributed by atoms with Gasteiger partial charge in [0.1, 0.15) is 18.0 Å². The summed E-state index contributed by atoms with van der Waals surface area (Å²) in [6, 6.07) is 13.5. The molecular formula is C16H18O5. The van der Waals surface area contributed by atoms with E-state index in [1.54, 1.807) is 0 Å². The summed E-state index contributed by atoms with van der Waals surface area (Å²) in [6.07, 6.45) is -3.46. The minimum absolute atomic E-state index is 0.154. The van der Waals surface area contributed by atoms with Crippen molar-refractivity contribution in [2.45, 2.75) is 31.0 Å². The number of hydrogen-bond donors (Lipinski definition) is 3. The number of rotatable bonds is 3. The fraction of sp³-hybridized carbons (Fsp3) is 0.375. The molecule has 0 spiro atoms. The Bertz CT molecular complexity index is 609. The molecule has 0 bridgehead atoms. The van der Waals surface area contributed by atoms with E-state index in [2.05, 4.69) is 0 Å². The van der Waals surface area contributed by atoms with Gasteiger partial charge in [-0.2, -0.15) is 0 Å². The van der Waals surface area contributed by atoms with E-state index >= 15 is 0 Å². The monoisotopic (exact) mass is 290 g/mol. The number of benzene rings is 2. The van der Waals surface area contributed by atoms with E-state index in [0.29, 0.717) is 5.75 Å². The molecule has 4 atom stereocenters. The quantitative estimate of drug-likeness (QED) is 0.787. The van der Waals surface area contributed by atoms with E-state index in [1.165, 1.54) is 0 Å². The van der Waals surface area contributed by atoms with Crippen LogP contribution in [0.3, 0.4) is 0 Å². The zero-order valence-electron chi connectivity index (χ0n) is 11.4. The van der Waals surface area contributed by atoms with Gasteiger partial charge in [0.25, 0.3) is 0 Å². The van der Waals surface area contributed by atoms with E-state index in [-0.39, 0.29) is 13.0 Å². The highest BCUT2D eigenvalue weighted by molar-refractivity contribution is 5.88. The molecule has 0 amide bonds. The molecule has 1 heterocycles. The van der Waals surface area contributed by atoms with Crippen molar-refractivity contribution < 1.29 is 24.8 Å². The van der Waals surface area contributed by atoms with Crippen LogP contribution in [0.2, 0.25) is 0 Å². The third-order valence-electron chi connectivity index (χ3n) is 3.72. The van der Waals surface area contributed by atoms with Gasteiger partial charge in [-0.3, -0.25) is 0 Å². The van der Waals surface area contributed by atoms with E-state index in [1.807, 2.05) is 42.5 Å². The molecule has 2 aromatic carbocycles. The summed E-state index contributed by atoms with van der Waals surface area (Å²) in [6.45, 7) is -0.367. The molecule has 0 aromatic heterocycles. The minimum Gasteiger partial charge on any atom is -0.464 e. The van der Waals surface area contributed by atoms with Crippen molar-refractivity contribution in [1.29, 1.82) is 0 Å². The van der Waals surface area contributed by atoms with Gasteiger partial charge in [-0.25, -0.2) is 0 Å². The highest BCUT2D eigenvalue weighted by Crippen LogP contribution is 2.29. The molecular weight excluding hydrogens is 272 g/mol. The van der Waals surface area contributed by atoms with Crippen LogP contribution in [-0.2, 0) is 4.74 Å². The third-order valence-corrected chi connectivity index (χ3v) is 3.72. The second kappa shape index (κ2) is 5.99. The maximum absolute atomic E-state index is 9.82. The number of fused-ring (bicyclic) bond motifs is 1. The second-order valence-electron chi connectivity index (χ2n) is 5.18. The van der Waals surface area contributed by atoms with Crippen LogP contribution >= 0.6 is 0 Å². The van der Waals surface area contributed by atoms with Gasteiger partial charge < -0.3 is 24.8 Å². The summed E-state index contributed by atoms with van der Waals surface area (Å²) in [5.74, 6) is 0.651. The average Bonchev–Trinajstić information content (AvgIpc) is 2.51. The predicted molar refractivity (Wildman–Crippen MR) is 77.0 cm³/mol. The summed E-state index contributed by atoms with van der Waals surface area (Å²) in [5.41, 5.74) is 0. The fourth-order valence-corrected chi connectivity index (χ4v) is 2.58. The van der Waals surface area contributed by atoms with Crippen LogP contribution in [0, 0.1) is 0 Å². The third kappa shape index (κ3) is 2.87. The summed E-state index contributed by atoms with van der Waals surface area (Å²) >= 11 is 0. The van der Waals surface area contributed by atoms with Gasteiger partial charge in [-0.15, -0.1) is 0 Å². The lowest BCUT2D eigenvalue weighted by atomic mass is 10.0. The Morgan fingerprint density at radius 1 is 1.10 bits per heavy atom. The van der Waals surface area contributed by atoms with Crippen LogP contribution in [0.25, 0.3) is 10.8 Å². The Kier molecular flexibility index (Phi) is 4.07. The highest BCUT2D eigenvalue weighted by Gasteiger charge is 2.37. The van der Waals surface area contributed by atoms with Crippen LogP contribution in [0.4, 0.5) is 0 Å². The van der Waals surface area contributed by atoms with Gasteiger partial charge in [0.2, 0.25) is 6.29 Å². The van der Waals surface area contributed by atoms with E-state index in [0.717, 1.165) is 10.8 Å². The molecule has 3 rings (SSSR count). The van der Waals surface area contributed by atoms with E-state index in [9.17, 15) is 15.3 Å². The Labute approximate surface area is 122 Å². The Balaban J connectivity index is 1.82. The predicted octanol–water partition coefficient (Wildman–Crippen LogP) is 1.05. The average molecular weight is 290 g/mol. The molecule has 112 valence electrons. The fourth-order valence-electron chi connectivity index (χ4n) is 2.58. The summed E-state index contributed by atoms with van der Waals surface area (Å²) in [7, 11) is 0. The smallest absolute Gasteiger partial charge is 0.202 e. The maximum Gasteiger partial charge on any atom is 0.202 e. The Hall–Kier alpha value is -1.66. The first-order chi connectivity index (χ1) is 10.2. The molecule has 1 saturated heterocycles. The van der Waals surface area contributed by atoms with Crippen molar-refractivity contribution in [2.24, 2.45) is 0 Å². The van der Waals surface area contributed by atoms with Crippen LogP contribution in [-0.4, -0.2) is 46.5 Å². The summed E-state index contributed by atoms with van der Waals surface area (Å²) in [4.78, 5) is 0. The zero-order chi connectivity index (χ0) is 14.8. The normalized spacial score (nSPS) is 29.5. The second-order valence-corrected chi connectivity index (χ2v) is 5.18. The first kappa shape index (κ1) is 14.3. The van der Waals surface area contributed by atoms with Gasteiger partial charge in [0, 0.05) is 11.8 Å². The van der Waals surface area contributed by atoms with Gasteiger partial charge in [-0.1, -0.05) is 36.4 Å². The number of aliphatic hydroxyl groups excluding tert-OH is 3. The van der Waals surface area contributed by atoms with Crippen molar-refractivity contribution in [3.05, 3.63) is 42.5 Å². The van der Waals surface area contributed by atoms with Crippen molar-refractivity contribution in [3.8, 4) is 5.75 Å². The molecule has 5 heteroatoms. The maximum atomic E-state index is 9.82. The molecule has 3 N–H and O–H groups in total. The Morgan fingerprint density at radius 2 is 1.86 bits per heavy atom. The molecule has 5 nitrogen and oxygen atoms in total. The summed E-state index contributed by atoms with van der Waals surface area (Å²) in [5, 5.41) is 30.7. The molecule has 1 aliphatic heterocycles. The molecule has 21 heavy (non-hydrogen) atoms. The van der Waals surface area contributed by atoms with Gasteiger partial charge in [0.05, 0.1) is 12.7 Å². The van der Waals surface area contributed by atoms with Crippen molar-refractivity contribution in [2.75, 3.05) is 6.61 Å². The number of hydrogen-bond acceptors (Lipinski definition) is 5. The standard InChI is InChI=1S/C16H18O5/c17-9-14-16(19)12(18)8-15(21-14)20-13-7-3-5-10-4-1-2-6-11(10)13/h1-7,12,14-19H,8-9H2. The number of ether oxygens (including phenoxy) is 2. The Morgan fingerprint density at radius 3 is 2.67 bits per heavy atom.